The van der Waals surface area contributed by atoms with E-state index in [1.807, 2.05) is 7.05 Å². The fraction of sp³-hybridized carbons (Fsp3) is 0.643. The summed E-state index contributed by atoms with van der Waals surface area (Å²) in [7, 11) is 2.00. The average Bonchev–Trinajstić information content (AvgIpc) is 2.58. The zero-order valence-corrected chi connectivity index (χ0v) is 11.8. The number of nitrogens with zero attached hydrogens (tertiary/aromatic N) is 3. The zero-order chi connectivity index (χ0) is 14.2. The standard InChI is InChI=1S/C14H21N3O2/c1-9-5-6-13(16(9)4)15-10(2)14(19)12-7-17(8-12)11(3)18/h9,12H,2,5-8H2,1,3-4H3/b15-13-. The third kappa shape index (κ3) is 2.69. The van der Waals surface area contributed by atoms with Crippen LogP contribution in [0.3, 0.4) is 0 Å². The van der Waals surface area contributed by atoms with Gasteiger partial charge in [0.05, 0.1) is 5.92 Å². The Morgan fingerprint density at radius 2 is 2.00 bits per heavy atom. The number of aliphatic imine (C=N–C) groups is 1. The van der Waals surface area contributed by atoms with Gasteiger partial charge in [-0.15, -0.1) is 0 Å². The molecule has 2 saturated heterocycles. The number of amidine groups is 1. The minimum atomic E-state index is -0.120. The van der Waals surface area contributed by atoms with E-state index in [2.05, 4.69) is 23.4 Å². The molecule has 1 unspecified atom stereocenters. The first kappa shape index (κ1) is 13.8. The summed E-state index contributed by atoms with van der Waals surface area (Å²) in [5.74, 6) is 0.807. The molecule has 2 heterocycles. The van der Waals surface area contributed by atoms with Gasteiger partial charge in [0.2, 0.25) is 5.91 Å². The number of likely N-dealkylation sites (tertiary alicyclic amines) is 2. The molecule has 0 radical (unpaired) electrons. The van der Waals surface area contributed by atoms with Crippen molar-refractivity contribution < 1.29 is 9.59 Å². The van der Waals surface area contributed by atoms with Gasteiger partial charge in [0, 0.05) is 39.5 Å². The summed E-state index contributed by atoms with van der Waals surface area (Å²) in [6.07, 6.45) is 1.96. The Labute approximate surface area is 114 Å². The number of hydrogen-bond donors (Lipinski definition) is 0. The predicted molar refractivity (Wildman–Crippen MR) is 73.8 cm³/mol. The molecule has 0 spiro atoms. The second-order valence-corrected chi connectivity index (χ2v) is 5.46. The van der Waals surface area contributed by atoms with Crippen molar-refractivity contribution in [1.29, 1.82) is 0 Å². The van der Waals surface area contributed by atoms with Gasteiger partial charge >= 0.3 is 0 Å². The molecule has 5 nitrogen and oxygen atoms in total. The summed E-state index contributed by atoms with van der Waals surface area (Å²) in [5, 5.41) is 0. The van der Waals surface area contributed by atoms with E-state index in [1.165, 1.54) is 6.92 Å². The highest BCUT2D eigenvalue weighted by Gasteiger charge is 2.35. The Balaban J connectivity index is 1.93. The van der Waals surface area contributed by atoms with E-state index in [-0.39, 0.29) is 17.6 Å². The lowest BCUT2D eigenvalue weighted by Crippen LogP contribution is -2.52. The summed E-state index contributed by atoms with van der Waals surface area (Å²) in [6, 6.07) is 0.471. The van der Waals surface area contributed by atoms with Gasteiger partial charge in [-0.2, -0.15) is 0 Å². The van der Waals surface area contributed by atoms with E-state index in [0.29, 0.717) is 24.8 Å². The van der Waals surface area contributed by atoms with Crippen molar-refractivity contribution in [1.82, 2.24) is 9.80 Å². The van der Waals surface area contributed by atoms with Crippen LogP contribution >= 0.6 is 0 Å². The Morgan fingerprint density at radius 3 is 2.47 bits per heavy atom. The fourth-order valence-electron chi connectivity index (χ4n) is 2.45. The highest BCUT2D eigenvalue weighted by molar-refractivity contribution is 6.00. The van der Waals surface area contributed by atoms with Gasteiger partial charge in [-0.3, -0.25) is 9.59 Å². The van der Waals surface area contributed by atoms with E-state index < -0.39 is 0 Å². The molecule has 2 aliphatic heterocycles. The van der Waals surface area contributed by atoms with Crippen LogP contribution in [0, 0.1) is 5.92 Å². The molecule has 2 rings (SSSR count). The summed E-state index contributed by atoms with van der Waals surface area (Å²) in [4.78, 5) is 31.3. The lowest BCUT2D eigenvalue weighted by atomic mass is 9.93. The van der Waals surface area contributed by atoms with Crippen LogP contribution in [0.1, 0.15) is 26.7 Å². The van der Waals surface area contributed by atoms with Crippen molar-refractivity contribution in [2.24, 2.45) is 10.9 Å². The number of carbonyl (C=O) groups excluding carboxylic acids is 2. The first-order valence-electron chi connectivity index (χ1n) is 6.69. The van der Waals surface area contributed by atoms with Crippen molar-refractivity contribution in [2.75, 3.05) is 20.1 Å². The number of allylic oxidation sites excluding steroid dienone is 1. The van der Waals surface area contributed by atoms with Crippen molar-refractivity contribution in [2.45, 2.75) is 32.7 Å². The normalized spacial score (nSPS) is 25.6. The molecule has 1 amide bonds. The second-order valence-electron chi connectivity index (χ2n) is 5.46. The molecule has 19 heavy (non-hydrogen) atoms. The number of rotatable bonds is 3. The van der Waals surface area contributed by atoms with Gasteiger partial charge in [-0.05, 0) is 13.3 Å². The van der Waals surface area contributed by atoms with Gasteiger partial charge in [0.15, 0.2) is 5.78 Å². The Hall–Kier alpha value is -1.65. The van der Waals surface area contributed by atoms with Gasteiger partial charge in [-0.25, -0.2) is 4.99 Å². The second kappa shape index (κ2) is 5.15. The van der Waals surface area contributed by atoms with Crippen LogP contribution in [-0.4, -0.2) is 53.5 Å². The average molecular weight is 263 g/mol. The van der Waals surface area contributed by atoms with Crippen molar-refractivity contribution in [3.05, 3.63) is 12.3 Å². The summed E-state index contributed by atoms with van der Waals surface area (Å²) >= 11 is 0. The molecule has 0 aliphatic carbocycles. The molecule has 0 saturated carbocycles. The SMILES string of the molecule is C=C(/N=C1/CCC(C)N1C)C(=O)C1CN(C(C)=O)C1. The molecule has 104 valence electrons. The summed E-state index contributed by atoms with van der Waals surface area (Å²) in [5.41, 5.74) is 0.323. The van der Waals surface area contributed by atoms with E-state index in [0.717, 1.165) is 18.7 Å². The maximum Gasteiger partial charge on any atom is 0.219 e. The van der Waals surface area contributed by atoms with E-state index in [9.17, 15) is 9.59 Å². The van der Waals surface area contributed by atoms with Crippen LogP contribution in [0.5, 0.6) is 0 Å². The highest BCUT2D eigenvalue weighted by atomic mass is 16.2. The number of amides is 1. The summed E-state index contributed by atoms with van der Waals surface area (Å²) < 4.78 is 0. The molecule has 1 atom stereocenters. The monoisotopic (exact) mass is 263 g/mol. The number of carbonyl (C=O) groups is 2. The third-order valence-electron chi connectivity index (χ3n) is 4.10. The molecule has 0 aromatic carbocycles. The minimum Gasteiger partial charge on any atom is -0.360 e. The van der Waals surface area contributed by atoms with E-state index in [4.69, 9.17) is 0 Å². The molecule has 0 aromatic rings. The molecular weight excluding hydrogens is 242 g/mol. The van der Waals surface area contributed by atoms with Gasteiger partial charge in [-0.1, -0.05) is 6.58 Å². The fourth-order valence-corrected chi connectivity index (χ4v) is 2.45. The first-order chi connectivity index (χ1) is 8.90. The Kier molecular flexibility index (Phi) is 3.73. The molecule has 0 bridgehead atoms. The van der Waals surface area contributed by atoms with Crippen molar-refractivity contribution in [3.63, 3.8) is 0 Å². The smallest absolute Gasteiger partial charge is 0.219 e. The lowest BCUT2D eigenvalue weighted by Gasteiger charge is -2.37. The molecular formula is C14H21N3O2. The topological polar surface area (TPSA) is 53.0 Å². The first-order valence-corrected chi connectivity index (χ1v) is 6.69. The van der Waals surface area contributed by atoms with Crippen LogP contribution in [0.15, 0.2) is 17.3 Å². The van der Waals surface area contributed by atoms with Gasteiger partial charge in [0.25, 0.3) is 0 Å². The predicted octanol–water partition coefficient (Wildman–Crippen LogP) is 1.06. The molecule has 0 aromatic heterocycles. The largest absolute Gasteiger partial charge is 0.360 e. The maximum atomic E-state index is 12.1. The number of ketones is 1. The molecule has 5 heteroatoms. The Morgan fingerprint density at radius 1 is 1.37 bits per heavy atom. The van der Waals surface area contributed by atoms with Gasteiger partial charge < -0.3 is 9.80 Å². The summed E-state index contributed by atoms with van der Waals surface area (Å²) in [6.45, 7) is 8.45. The molecule has 2 aliphatic rings. The third-order valence-corrected chi connectivity index (χ3v) is 4.10. The highest BCUT2D eigenvalue weighted by Crippen LogP contribution is 2.22. The van der Waals surface area contributed by atoms with Crippen molar-refractivity contribution >= 4 is 17.5 Å². The number of hydrogen-bond acceptors (Lipinski definition) is 3. The maximum absolute atomic E-state index is 12.1. The van der Waals surface area contributed by atoms with Crippen LogP contribution in [0.4, 0.5) is 0 Å². The van der Waals surface area contributed by atoms with Crippen molar-refractivity contribution in [3.8, 4) is 0 Å². The quantitative estimate of drug-likeness (QED) is 0.715. The number of Topliss-reactive ketones (excluding diaryl/α,β-unsaturated/α-hetero) is 1. The van der Waals surface area contributed by atoms with Crippen LogP contribution in [0.2, 0.25) is 0 Å². The van der Waals surface area contributed by atoms with E-state index >= 15 is 0 Å². The molecule has 2 fully saturated rings. The van der Waals surface area contributed by atoms with Gasteiger partial charge in [0.1, 0.15) is 11.5 Å². The van der Waals surface area contributed by atoms with E-state index in [1.54, 1.807) is 4.90 Å². The minimum absolute atomic E-state index is 0.0188. The van der Waals surface area contributed by atoms with Crippen LogP contribution < -0.4 is 0 Å². The Bertz CT molecular complexity index is 450. The zero-order valence-electron chi connectivity index (χ0n) is 11.8. The van der Waals surface area contributed by atoms with Crippen LogP contribution in [0.25, 0.3) is 0 Å². The van der Waals surface area contributed by atoms with Crippen LogP contribution in [-0.2, 0) is 9.59 Å². The molecule has 0 N–H and O–H groups in total. The lowest BCUT2D eigenvalue weighted by molar-refractivity contribution is -0.139.